The zero-order chi connectivity index (χ0) is 31.9. The van der Waals surface area contributed by atoms with E-state index in [-0.39, 0.29) is 0 Å². The first-order chi connectivity index (χ1) is 23.8. The van der Waals surface area contributed by atoms with Crippen molar-refractivity contribution < 1.29 is 0 Å². The van der Waals surface area contributed by atoms with Crippen LogP contribution in [0.25, 0.3) is 88.5 Å². The average molecular weight is 611 g/mol. The number of fused-ring (bicyclic) bond motifs is 4. The highest BCUT2D eigenvalue weighted by molar-refractivity contribution is 6.27. The van der Waals surface area contributed by atoms with Gasteiger partial charge in [0.2, 0.25) is 0 Å². The van der Waals surface area contributed by atoms with Crippen LogP contribution in [-0.2, 0) is 0 Å². The monoisotopic (exact) mass is 610 g/mol. The Morgan fingerprint density at radius 2 is 0.750 bits per heavy atom. The second-order valence-corrected chi connectivity index (χ2v) is 12.1. The topological polar surface area (TPSA) is 25.8 Å². The summed E-state index contributed by atoms with van der Waals surface area (Å²) < 4.78 is 0. The predicted octanol–water partition coefficient (Wildman–Crippen LogP) is 12.3. The molecule has 48 heavy (non-hydrogen) atoms. The highest BCUT2D eigenvalue weighted by Gasteiger charge is 2.19. The van der Waals surface area contributed by atoms with Crippen LogP contribution in [0, 0.1) is 0 Å². The van der Waals surface area contributed by atoms with E-state index in [0.717, 1.165) is 28.1 Å². The minimum Gasteiger partial charge on any atom is -0.228 e. The van der Waals surface area contributed by atoms with Crippen LogP contribution in [0.5, 0.6) is 0 Å². The molecule has 0 saturated carbocycles. The van der Waals surface area contributed by atoms with Gasteiger partial charge in [-0.15, -0.1) is 0 Å². The average Bonchev–Trinajstić information content (AvgIpc) is 3.18. The molecule has 1 aromatic heterocycles. The number of hydrogen-bond acceptors (Lipinski definition) is 2. The SMILES string of the molecule is c1ccc(-c2cc(-c3ccccc3)nc(-c3ccc(-c4c5ccccc5c(-c5ccccc5)c5ccc6ccccc6c45)cc3)n2)cc1. The second-order valence-electron chi connectivity index (χ2n) is 12.1. The summed E-state index contributed by atoms with van der Waals surface area (Å²) in [4.78, 5) is 10.2. The Bertz CT molecular complexity index is 2520. The Morgan fingerprint density at radius 1 is 0.292 bits per heavy atom. The Morgan fingerprint density at radius 3 is 1.35 bits per heavy atom. The Labute approximate surface area is 279 Å². The molecule has 0 N–H and O–H groups in total. The number of aromatic nitrogens is 2. The standard InChI is InChI=1S/C46H30N2/c1-4-15-32(16-5-1)41-30-42(33-17-6-2-7-18-33)48-46(47-41)36-26-24-35(25-27-36)44-39-23-13-12-22-38(39)43(34-19-8-3-9-20-34)40-29-28-31-14-10-11-21-37(31)45(40)44/h1-30H. The third kappa shape index (κ3) is 4.83. The van der Waals surface area contributed by atoms with Gasteiger partial charge in [-0.1, -0.05) is 176 Å². The van der Waals surface area contributed by atoms with Gasteiger partial charge in [0.05, 0.1) is 11.4 Å². The normalized spacial score (nSPS) is 11.3. The number of nitrogens with zero attached hydrogens (tertiary/aromatic N) is 2. The molecular formula is C46H30N2. The van der Waals surface area contributed by atoms with E-state index >= 15 is 0 Å². The van der Waals surface area contributed by atoms with Crippen molar-refractivity contribution in [3.8, 4) is 56.2 Å². The van der Waals surface area contributed by atoms with Crippen LogP contribution < -0.4 is 0 Å². The van der Waals surface area contributed by atoms with E-state index in [2.05, 4.69) is 170 Å². The lowest BCUT2D eigenvalue weighted by molar-refractivity contribution is 1.18. The lowest BCUT2D eigenvalue weighted by atomic mass is 9.84. The van der Waals surface area contributed by atoms with Gasteiger partial charge in [0.25, 0.3) is 0 Å². The van der Waals surface area contributed by atoms with Gasteiger partial charge < -0.3 is 0 Å². The summed E-state index contributed by atoms with van der Waals surface area (Å²) in [6.07, 6.45) is 0. The quantitative estimate of drug-likeness (QED) is 0.143. The number of hydrogen-bond donors (Lipinski definition) is 0. The van der Waals surface area contributed by atoms with Crippen LogP contribution in [0.4, 0.5) is 0 Å². The molecule has 0 bridgehead atoms. The fourth-order valence-electron chi connectivity index (χ4n) is 7.04. The molecule has 2 heteroatoms. The smallest absolute Gasteiger partial charge is 0.160 e. The number of benzene rings is 8. The maximum atomic E-state index is 5.08. The van der Waals surface area contributed by atoms with Crippen molar-refractivity contribution in [3.63, 3.8) is 0 Å². The van der Waals surface area contributed by atoms with Crippen LogP contribution in [0.3, 0.4) is 0 Å². The molecule has 0 atom stereocenters. The Hall–Kier alpha value is -6.38. The van der Waals surface area contributed by atoms with Crippen molar-refractivity contribution in [2.45, 2.75) is 0 Å². The molecule has 0 unspecified atom stereocenters. The molecule has 224 valence electrons. The van der Waals surface area contributed by atoms with Gasteiger partial charge in [-0.2, -0.15) is 0 Å². The van der Waals surface area contributed by atoms with E-state index < -0.39 is 0 Å². The van der Waals surface area contributed by atoms with Gasteiger partial charge in [-0.05, 0) is 60.6 Å². The fourth-order valence-corrected chi connectivity index (χ4v) is 7.04. The van der Waals surface area contributed by atoms with Crippen molar-refractivity contribution in [1.82, 2.24) is 9.97 Å². The van der Waals surface area contributed by atoms with Crippen molar-refractivity contribution in [2.24, 2.45) is 0 Å². The lowest BCUT2D eigenvalue weighted by Crippen LogP contribution is -1.96. The molecule has 2 nitrogen and oxygen atoms in total. The molecule has 0 aliphatic carbocycles. The van der Waals surface area contributed by atoms with Crippen LogP contribution in [0.1, 0.15) is 0 Å². The van der Waals surface area contributed by atoms with Crippen molar-refractivity contribution in [3.05, 3.63) is 182 Å². The van der Waals surface area contributed by atoms with E-state index in [0.29, 0.717) is 5.82 Å². The van der Waals surface area contributed by atoms with Crippen LogP contribution >= 0.6 is 0 Å². The minimum atomic E-state index is 0.710. The molecule has 9 rings (SSSR count). The molecule has 0 amide bonds. The fraction of sp³-hybridized carbons (Fsp3) is 0. The first-order valence-corrected chi connectivity index (χ1v) is 16.3. The zero-order valence-electron chi connectivity index (χ0n) is 26.2. The molecule has 0 radical (unpaired) electrons. The third-order valence-electron chi connectivity index (χ3n) is 9.27. The molecule has 0 spiro atoms. The molecular weight excluding hydrogens is 581 g/mol. The van der Waals surface area contributed by atoms with Gasteiger partial charge in [0.15, 0.2) is 5.82 Å². The van der Waals surface area contributed by atoms with E-state index in [1.54, 1.807) is 0 Å². The summed E-state index contributed by atoms with van der Waals surface area (Å²) in [6, 6.07) is 64.5. The lowest BCUT2D eigenvalue weighted by Gasteiger charge is -2.19. The van der Waals surface area contributed by atoms with Gasteiger partial charge in [0, 0.05) is 16.7 Å². The highest BCUT2D eigenvalue weighted by Crippen LogP contribution is 2.46. The predicted molar refractivity (Wildman–Crippen MR) is 202 cm³/mol. The van der Waals surface area contributed by atoms with E-state index in [9.17, 15) is 0 Å². The van der Waals surface area contributed by atoms with Crippen molar-refractivity contribution >= 4 is 32.3 Å². The van der Waals surface area contributed by atoms with Crippen molar-refractivity contribution in [1.29, 1.82) is 0 Å². The third-order valence-corrected chi connectivity index (χ3v) is 9.27. The first kappa shape index (κ1) is 27.9. The minimum absolute atomic E-state index is 0.710. The van der Waals surface area contributed by atoms with E-state index in [1.165, 1.54) is 54.6 Å². The Balaban J connectivity index is 1.27. The van der Waals surface area contributed by atoms with Gasteiger partial charge in [-0.3, -0.25) is 0 Å². The van der Waals surface area contributed by atoms with Crippen molar-refractivity contribution in [2.75, 3.05) is 0 Å². The van der Waals surface area contributed by atoms with E-state index in [1.807, 2.05) is 12.1 Å². The molecule has 0 aliphatic rings. The summed E-state index contributed by atoms with van der Waals surface area (Å²) in [5.74, 6) is 0.710. The Kier molecular flexibility index (Phi) is 6.84. The molecule has 0 saturated heterocycles. The molecule has 0 aliphatic heterocycles. The van der Waals surface area contributed by atoms with Crippen LogP contribution in [0.2, 0.25) is 0 Å². The number of rotatable bonds is 5. The highest BCUT2D eigenvalue weighted by atomic mass is 14.9. The summed E-state index contributed by atoms with van der Waals surface area (Å²) >= 11 is 0. The molecule has 8 aromatic carbocycles. The van der Waals surface area contributed by atoms with Gasteiger partial charge in [0.1, 0.15) is 0 Å². The summed E-state index contributed by atoms with van der Waals surface area (Å²) in [6.45, 7) is 0. The zero-order valence-corrected chi connectivity index (χ0v) is 26.2. The maximum Gasteiger partial charge on any atom is 0.160 e. The van der Waals surface area contributed by atoms with Gasteiger partial charge in [-0.25, -0.2) is 9.97 Å². The van der Waals surface area contributed by atoms with Crippen LogP contribution in [-0.4, -0.2) is 9.97 Å². The summed E-state index contributed by atoms with van der Waals surface area (Å²) in [5, 5.41) is 7.50. The maximum absolute atomic E-state index is 5.08. The molecule has 9 aromatic rings. The molecule has 1 heterocycles. The summed E-state index contributed by atoms with van der Waals surface area (Å²) in [5.41, 5.74) is 9.83. The second kappa shape index (κ2) is 11.8. The van der Waals surface area contributed by atoms with Crippen LogP contribution in [0.15, 0.2) is 182 Å². The van der Waals surface area contributed by atoms with E-state index in [4.69, 9.17) is 9.97 Å². The molecule has 0 fully saturated rings. The summed E-state index contributed by atoms with van der Waals surface area (Å²) in [7, 11) is 0. The van der Waals surface area contributed by atoms with Gasteiger partial charge >= 0.3 is 0 Å². The largest absolute Gasteiger partial charge is 0.228 e. The first-order valence-electron chi connectivity index (χ1n) is 16.3.